The lowest BCUT2D eigenvalue weighted by molar-refractivity contribution is -0.136. The molecule has 3 aromatic rings. The van der Waals surface area contributed by atoms with Crippen molar-refractivity contribution in [2.75, 3.05) is 7.11 Å². The number of hydrogen-bond donors (Lipinski definition) is 1. The quantitative estimate of drug-likeness (QED) is 0.715. The van der Waals surface area contributed by atoms with Gasteiger partial charge in [-0.15, -0.1) is 0 Å². The van der Waals surface area contributed by atoms with Gasteiger partial charge in [0.25, 0.3) is 0 Å². The molecule has 1 aromatic heterocycles. The number of aromatic nitrogens is 1. The van der Waals surface area contributed by atoms with Crippen molar-refractivity contribution >= 4 is 28.8 Å². The van der Waals surface area contributed by atoms with Crippen molar-refractivity contribution in [1.82, 2.24) is 3.97 Å². The van der Waals surface area contributed by atoms with Gasteiger partial charge in [-0.05, 0) is 61.2 Å². The van der Waals surface area contributed by atoms with Crippen molar-refractivity contribution in [2.24, 2.45) is 0 Å². The molecule has 0 aliphatic rings. The minimum atomic E-state index is -0.787. The number of rotatable bonds is 6. The van der Waals surface area contributed by atoms with Gasteiger partial charge in [-0.1, -0.05) is 17.7 Å². The lowest BCUT2D eigenvalue weighted by atomic mass is 10.1. The molecule has 0 fully saturated rings. The molecule has 0 spiro atoms. The van der Waals surface area contributed by atoms with Crippen LogP contribution in [0.3, 0.4) is 0 Å². The molecule has 0 atom stereocenters. The van der Waals surface area contributed by atoms with E-state index in [9.17, 15) is 4.79 Å². The average Bonchev–Trinajstić information content (AvgIpc) is 2.92. The highest BCUT2D eigenvalue weighted by Gasteiger charge is 2.12. The molecule has 0 bridgehead atoms. The number of carbonyl (C=O) groups is 1. The number of benzene rings is 2. The van der Waals surface area contributed by atoms with Crippen LogP contribution in [0, 0.1) is 6.92 Å². The van der Waals surface area contributed by atoms with E-state index in [2.05, 4.69) is 35.2 Å². The Hall–Kier alpha value is -2.40. The molecule has 1 heterocycles. The third-order valence-corrected chi connectivity index (χ3v) is 4.87. The molecule has 4 nitrogen and oxygen atoms in total. The van der Waals surface area contributed by atoms with Gasteiger partial charge >= 0.3 is 5.97 Å². The predicted molar refractivity (Wildman–Crippen MR) is 96.9 cm³/mol. The zero-order chi connectivity index (χ0) is 17.1. The summed E-state index contributed by atoms with van der Waals surface area (Å²) in [6.07, 6.45) is 2.64. The summed E-state index contributed by atoms with van der Waals surface area (Å²) in [5.41, 5.74) is 3.30. The van der Waals surface area contributed by atoms with Crippen LogP contribution in [0.1, 0.15) is 17.5 Å². The minimum Gasteiger partial charge on any atom is -0.497 e. The van der Waals surface area contributed by atoms with E-state index in [4.69, 9.17) is 9.84 Å². The van der Waals surface area contributed by atoms with Crippen LogP contribution >= 0.6 is 11.9 Å². The Bertz CT molecular complexity index is 868. The number of aliphatic carboxylic acids is 1. The highest BCUT2D eigenvalue weighted by atomic mass is 32.2. The topological polar surface area (TPSA) is 51.5 Å². The molecule has 0 aliphatic carbocycles. The van der Waals surface area contributed by atoms with Gasteiger partial charge in [-0.25, -0.2) is 0 Å². The second-order valence-corrected chi connectivity index (χ2v) is 6.71. The first kappa shape index (κ1) is 16.5. The average molecular weight is 341 g/mol. The Labute approximate surface area is 145 Å². The number of nitrogens with zero attached hydrogens (tertiary/aromatic N) is 1. The Morgan fingerprint density at radius 2 is 1.96 bits per heavy atom. The fraction of sp³-hybridized carbons (Fsp3) is 0.211. The van der Waals surface area contributed by atoms with E-state index in [1.54, 1.807) is 19.1 Å². The van der Waals surface area contributed by atoms with Crippen LogP contribution in [0.15, 0.2) is 53.6 Å². The molecule has 0 saturated heterocycles. The molecule has 24 heavy (non-hydrogen) atoms. The van der Waals surface area contributed by atoms with Crippen molar-refractivity contribution in [3.05, 3.63) is 59.8 Å². The monoisotopic (exact) mass is 341 g/mol. The van der Waals surface area contributed by atoms with Crippen LogP contribution in [-0.2, 0) is 11.2 Å². The highest BCUT2D eigenvalue weighted by Crippen LogP contribution is 2.32. The van der Waals surface area contributed by atoms with Gasteiger partial charge in [0, 0.05) is 22.9 Å². The number of aryl methyl sites for hydroxylation is 2. The van der Waals surface area contributed by atoms with Crippen molar-refractivity contribution in [3.8, 4) is 5.75 Å². The van der Waals surface area contributed by atoms with Crippen LogP contribution in [0.4, 0.5) is 0 Å². The van der Waals surface area contributed by atoms with Crippen LogP contribution in [-0.4, -0.2) is 22.2 Å². The second-order valence-electron chi connectivity index (χ2n) is 5.66. The summed E-state index contributed by atoms with van der Waals surface area (Å²) in [6, 6.07) is 14.3. The zero-order valence-corrected chi connectivity index (χ0v) is 14.5. The summed E-state index contributed by atoms with van der Waals surface area (Å²) in [4.78, 5) is 12.1. The fourth-order valence-corrected chi connectivity index (χ4v) is 3.52. The summed E-state index contributed by atoms with van der Waals surface area (Å²) in [5, 5.41) is 10.0. The van der Waals surface area contributed by atoms with Crippen molar-refractivity contribution in [1.29, 1.82) is 0 Å². The summed E-state index contributed by atoms with van der Waals surface area (Å²) < 4.78 is 7.41. The SMILES string of the molecule is COc1ccc2c(c1)c(CCC(=O)O)cn2Sc1ccc(C)cc1. The van der Waals surface area contributed by atoms with Gasteiger partial charge in [0.05, 0.1) is 12.6 Å². The van der Waals surface area contributed by atoms with Crippen LogP contribution in [0.25, 0.3) is 10.9 Å². The summed E-state index contributed by atoms with van der Waals surface area (Å²) in [6.45, 7) is 2.07. The summed E-state index contributed by atoms with van der Waals surface area (Å²) in [7, 11) is 1.64. The smallest absolute Gasteiger partial charge is 0.303 e. The maximum Gasteiger partial charge on any atom is 0.303 e. The third kappa shape index (κ3) is 3.57. The second kappa shape index (κ2) is 7.01. The Morgan fingerprint density at radius 1 is 1.21 bits per heavy atom. The lowest BCUT2D eigenvalue weighted by Crippen LogP contribution is -1.96. The van der Waals surface area contributed by atoms with E-state index >= 15 is 0 Å². The van der Waals surface area contributed by atoms with E-state index in [-0.39, 0.29) is 6.42 Å². The van der Waals surface area contributed by atoms with Crippen molar-refractivity contribution in [2.45, 2.75) is 24.7 Å². The van der Waals surface area contributed by atoms with Gasteiger partial charge in [0.2, 0.25) is 0 Å². The predicted octanol–water partition coefficient (Wildman–Crippen LogP) is 4.53. The number of ether oxygens (including phenoxy) is 1. The normalized spacial score (nSPS) is 10.9. The zero-order valence-electron chi connectivity index (χ0n) is 13.7. The van der Waals surface area contributed by atoms with E-state index in [1.165, 1.54) is 5.56 Å². The van der Waals surface area contributed by atoms with E-state index in [0.29, 0.717) is 6.42 Å². The van der Waals surface area contributed by atoms with Crippen LogP contribution in [0.2, 0.25) is 0 Å². The van der Waals surface area contributed by atoms with E-state index in [0.717, 1.165) is 27.1 Å². The number of hydrogen-bond acceptors (Lipinski definition) is 3. The first-order valence-corrected chi connectivity index (χ1v) is 8.49. The van der Waals surface area contributed by atoms with Crippen molar-refractivity contribution in [3.63, 3.8) is 0 Å². The van der Waals surface area contributed by atoms with Crippen LogP contribution in [0.5, 0.6) is 5.75 Å². The Balaban J connectivity index is 2.00. The largest absolute Gasteiger partial charge is 0.497 e. The van der Waals surface area contributed by atoms with E-state index in [1.807, 2.05) is 24.4 Å². The summed E-state index contributed by atoms with van der Waals surface area (Å²) in [5.74, 6) is -0.0119. The van der Waals surface area contributed by atoms with Gasteiger partial charge in [0.15, 0.2) is 0 Å². The molecule has 1 N–H and O–H groups in total. The first-order chi connectivity index (χ1) is 11.6. The maximum absolute atomic E-state index is 10.9. The molecule has 0 aliphatic heterocycles. The standard InChI is InChI=1S/C19H19NO3S/c1-13-3-7-16(8-4-13)24-20-12-14(5-10-19(21)22)17-11-15(23-2)6-9-18(17)20/h3-4,6-9,11-12H,5,10H2,1-2H3,(H,21,22). The number of carboxylic acid groups (broad SMARTS) is 1. The minimum absolute atomic E-state index is 0.117. The highest BCUT2D eigenvalue weighted by molar-refractivity contribution is 7.98. The molecule has 124 valence electrons. The molecule has 3 rings (SSSR count). The molecule has 2 aromatic carbocycles. The van der Waals surface area contributed by atoms with Gasteiger partial charge in [-0.3, -0.25) is 8.77 Å². The number of methoxy groups -OCH3 is 1. The third-order valence-electron chi connectivity index (χ3n) is 3.89. The molecule has 0 amide bonds. The lowest BCUT2D eigenvalue weighted by Gasteiger charge is -2.05. The van der Waals surface area contributed by atoms with Gasteiger partial charge < -0.3 is 9.84 Å². The first-order valence-electron chi connectivity index (χ1n) is 7.71. The Kier molecular flexibility index (Phi) is 4.81. The van der Waals surface area contributed by atoms with Gasteiger partial charge in [0.1, 0.15) is 5.75 Å². The molecule has 0 radical (unpaired) electrons. The maximum atomic E-state index is 10.9. The number of carboxylic acids is 1. The molecule has 5 heteroatoms. The number of fused-ring (bicyclic) bond motifs is 1. The molecular formula is C19H19NO3S. The summed E-state index contributed by atoms with van der Waals surface area (Å²) >= 11 is 1.62. The van der Waals surface area contributed by atoms with Gasteiger partial charge in [-0.2, -0.15) is 0 Å². The van der Waals surface area contributed by atoms with Crippen molar-refractivity contribution < 1.29 is 14.6 Å². The van der Waals surface area contributed by atoms with Crippen LogP contribution < -0.4 is 4.74 Å². The molecule has 0 saturated carbocycles. The fourth-order valence-electron chi connectivity index (χ4n) is 2.60. The Morgan fingerprint density at radius 3 is 2.62 bits per heavy atom. The molecule has 0 unspecified atom stereocenters. The van der Waals surface area contributed by atoms with E-state index < -0.39 is 5.97 Å². The molecular weight excluding hydrogens is 322 g/mol.